The van der Waals surface area contributed by atoms with Gasteiger partial charge in [0.25, 0.3) is 0 Å². The lowest BCUT2D eigenvalue weighted by Crippen LogP contribution is -2.24. The average molecular weight is 307 g/mol. The molecule has 0 aliphatic heterocycles. The van der Waals surface area contributed by atoms with Crippen LogP contribution in [0.2, 0.25) is 0 Å². The number of halogens is 4. The molecular formula is C10H9F4N5S. The number of aromatic nitrogens is 5. The molecule has 108 valence electrons. The van der Waals surface area contributed by atoms with Crippen LogP contribution in [0.25, 0.3) is 5.82 Å². The second-order valence-electron chi connectivity index (χ2n) is 3.70. The highest BCUT2D eigenvalue weighted by molar-refractivity contribution is 7.99. The van der Waals surface area contributed by atoms with Gasteiger partial charge in [0.2, 0.25) is 0 Å². The maximum absolute atomic E-state index is 12.7. The highest BCUT2D eigenvalue weighted by Gasteiger charge is 2.39. The van der Waals surface area contributed by atoms with Crippen LogP contribution in [0.15, 0.2) is 30.1 Å². The van der Waals surface area contributed by atoms with Crippen LogP contribution in [0.3, 0.4) is 0 Å². The van der Waals surface area contributed by atoms with Crippen molar-refractivity contribution >= 4 is 11.8 Å². The van der Waals surface area contributed by atoms with Crippen molar-refractivity contribution in [2.75, 3.05) is 5.75 Å². The van der Waals surface area contributed by atoms with E-state index in [1.165, 1.54) is 23.7 Å². The lowest BCUT2D eigenvalue weighted by molar-refractivity contribution is -0.180. The van der Waals surface area contributed by atoms with Gasteiger partial charge < -0.3 is 0 Å². The monoisotopic (exact) mass is 307 g/mol. The molecule has 20 heavy (non-hydrogen) atoms. The largest absolute Gasteiger partial charge is 0.419 e. The number of hydrogen-bond donors (Lipinski definition) is 0. The van der Waals surface area contributed by atoms with E-state index in [1.807, 2.05) is 0 Å². The fourth-order valence-electron chi connectivity index (χ4n) is 1.29. The molecule has 0 amide bonds. The van der Waals surface area contributed by atoms with E-state index in [9.17, 15) is 17.6 Å². The van der Waals surface area contributed by atoms with Crippen LogP contribution in [0.1, 0.15) is 6.42 Å². The smallest absolute Gasteiger partial charge is 0.237 e. The summed E-state index contributed by atoms with van der Waals surface area (Å²) in [5, 5.41) is 4.31. The van der Waals surface area contributed by atoms with Gasteiger partial charge in [-0.3, -0.25) is 0 Å². The van der Waals surface area contributed by atoms with Crippen molar-refractivity contribution in [1.29, 1.82) is 0 Å². The molecule has 0 radical (unpaired) electrons. The Hall–Kier alpha value is -1.71. The van der Waals surface area contributed by atoms with Crippen molar-refractivity contribution in [2.24, 2.45) is 0 Å². The van der Waals surface area contributed by atoms with Crippen molar-refractivity contribution < 1.29 is 17.6 Å². The van der Waals surface area contributed by atoms with E-state index < -0.39 is 18.8 Å². The van der Waals surface area contributed by atoms with Crippen molar-refractivity contribution in [3.8, 4) is 5.82 Å². The van der Waals surface area contributed by atoms with E-state index in [0.29, 0.717) is 10.8 Å². The minimum absolute atomic E-state index is 0.0332. The first-order chi connectivity index (χ1) is 9.47. The molecule has 0 fully saturated rings. The van der Waals surface area contributed by atoms with E-state index in [0.717, 1.165) is 11.8 Å². The van der Waals surface area contributed by atoms with Crippen molar-refractivity contribution in [3.63, 3.8) is 0 Å². The number of thioether (sulfide) groups is 1. The molecule has 1 unspecified atom stereocenters. The molecule has 2 aromatic rings. The maximum Gasteiger partial charge on any atom is 0.419 e. The lowest BCUT2D eigenvalue weighted by atomic mass is 10.3. The fraction of sp³-hybridized carbons (Fsp3) is 0.400. The fourth-order valence-corrected chi connectivity index (χ4v) is 2.14. The minimum Gasteiger partial charge on any atom is -0.237 e. The number of rotatable bonds is 5. The van der Waals surface area contributed by atoms with Crippen LogP contribution < -0.4 is 0 Å². The molecule has 0 saturated carbocycles. The molecule has 2 rings (SSSR count). The van der Waals surface area contributed by atoms with E-state index in [4.69, 9.17) is 0 Å². The van der Waals surface area contributed by atoms with Gasteiger partial charge in [-0.25, -0.2) is 24.0 Å². The number of hydrogen-bond acceptors (Lipinski definition) is 5. The van der Waals surface area contributed by atoms with Crippen molar-refractivity contribution in [2.45, 2.75) is 23.8 Å². The molecule has 0 aliphatic rings. The van der Waals surface area contributed by atoms with Gasteiger partial charge >= 0.3 is 6.18 Å². The summed E-state index contributed by atoms with van der Waals surface area (Å²) in [5.74, 6) is 0.404. The van der Waals surface area contributed by atoms with Gasteiger partial charge in [-0.05, 0) is 6.42 Å². The average Bonchev–Trinajstić information content (AvgIpc) is 2.92. The molecule has 10 heteroatoms. The van der Waals surface area contributed by atoms with Gasteiger partial charge in [-0.1, -0.05) is 0 Å². The molecule has 0 N–H and O–H groups in total. The first-order valence-electron chi connectivity index (χ1n) is 5.47. The summed E-state index contributed by atoms with van der Waals surface area (Å²) in [6.07, 6.45) is -4.22. The quantitative estimate of drug-likeness (QED) is 0.482. The normalized spacial score (nSPS) is 13.4. The topological polar surface area (TPSA) is 56.5 Å². The van der Waals surface area contributed by atoms with Crippen molar-refractivity contribution in [3.05, 3.63) is 25.0 Å². The predicted molar refractivity (Wildman–Crippen MR) is 63.2 cm³/mol. The molecule has 2 aromatic heterocycles. The van der Waals surface area contributed by atoms with Crippen molar-refractivity contribution in [1.82, 2.24) is 24.7 Å². The molecule has 0 aromatic carbocycles. The Labute approximate surface area is 115 Å². The molecule has 0 spiro atoms. The third-order valence-corrected chi connectivity index (χ3v) is 3.22. The summed E-state index contributed by atoms with van der Waals surface area (Å²) in [4.78, 5) is 11.6. The Morgan fingerprint density at radius 3 is 2.70 bits per heavy atom. The van der Waals surface area contributed by atoms with E-state index >= 15 is 0 Å². The van der Waals surface area contributed by atoms with Crippen LogP contribution in [-0.4, -0.2) is 42.8 Å². The summed E-state index contributed by atoms with van der Waals surface area (Å²) >= 11 is 1.02. The Morgan fingerprint density at radius 1 is 1.25 bits per heavy atom. The predicted octanol–water partition coefficient (Wildman–Crippen LogP) is 2.44. The zero-order valence-electron chi connectivity index (χ0n) is 9.96. The van der Waals surface area contributed by atoms with Gasteiger partial charge in [0.15, 0.2) is 12.0 Å². The summed E-state index contributed by atoms with van der Waals surface area (Å²) in [6, 6.07) is 1.54. The Bertz CT molecular complexity index is 545. The summed E-state index contributed by atoms with van der Waals surface area (Å²) < 4.78 is 50.1. The third-order valence-electron chi connectivity index (χ3n) is 2.26. The zero-order valence-corrected chi connectivity index (χ0v) is 10.8. The third kappa shape index (κ3) is 3.89. The second-order valence-corrected chi connectivity index (χ2v) is 4.82. The van der Waals surface area contributed by atoms with Crippen LogP contribution in [-0.2, 0) is 0 Å². The van der Waals surface area contributed by atoms with E-state index in [-0.39, 0.29) is 5.75 Å². The van der Waals surface area contributed by atoms with Crippen LogP contribution in [0.4, 0.5) is 17.6 Å². The van der Waals surface area contributed by atoms with Gasteiger partial charge in [-0.2, -0.15) is 18.3 Å². The molecule has 1 atom stereocenters. The molecule has 5 nitrogen and oxygen atoms in total. The Kier molecular flexibility index (Phi) is 4.53. The number of nitrogens with zero attached hydrogens (tertiary/aromatic N) is 5. The van der Waals surface area contributed by atoms with E-state index in [2.05, 4.69) is 20.1 Å². The molecule has 0 aliphatic carbocycles. The Balaban J connectivity index is 1.93. The minimum atomic E-state index is -4.81. The molecule has 0 bridgehead atoms. The molecular weight excluding hydrogens is 298 g/mol. The summed E-state index contributed by atoms with van der Waals surface area (Å²) in [6.45, 7) is 0. The summed E-state index contributed by atoms with van der Waals surface area (Å²) in [5.41, 5.74) is 0. The van der Waals surface area contributed by atoms with Gasteiger partial charge in [0, 0.05) is 11.8 Å². The first-order valence-corrected chi connectivity index (χ1v) is 6.46. The Morgan fingerprint density at radius 2 is 2.05 bits per heavy atom. The van der Waals surface area contributed by atoms with Crippen LogP contribution in [0.5, 0.6) is 0 Å². The van der Waals surface area contributed by atoms with Gasteiger partial charge in [-0.15, -0.1) is 11.8 Å². The standard InChI is InChI=1S/C10H9F4N5S/c11-7(10(12,13)14)1-2-20-9-3-8(16-5-17-9)19-6-15-4-18-19/h3-7H,1-2H2. The maximum atomic E-state index is 12.7. The van der Waals surface area contributed by atoms with Crippen LogP contribution >= 0.6 is 11.8 Å². The SMILES string of the molecule is FC(CCSc1cc(-n2cncn2)ncn1)C(F)(F)F. The van der Waals surface area contributed by atoms with E-state index in [1.54, 1.807) is 6.07 Å². The number of alkyl halides is 4. The lowest BCUT2D eigenvalue weighted by Gasteiger charge is -2.11. The highest BCUT2D eigenvalue weighted by Crippen LogP contribution is 2.27. The zero-order chi connectivity index (χ0) is 14.6. The van der Waals surface area contributed by atoms with Gasteiger partial charge in [0.1, 0.15) is 24.0 Å². The van der Waals surface area contributed by atoms with Gasteiger partial charge in [0.05, 0.1) is 0 Å². The molecule has 0 saturated heterocycles. The second kappa shape index (κ2) is 6.16. The highest BCUT2D eigenvalue weighted by atomic mass is 32.2. The van der Waals surface area contributed by atoms with Crippen LogP contribution in [0, 0.1) is 0 Å². The first kappa shape index (κ1) is 14.7. The summed E-state index contributed by atoms with van der Waals surface area (Å²) in [7, 11) is 0. The molecule has 2 heterocycles.